The van der Waals surface area contributed by atoms with Gasteiger partial charge in [0.05, 0.1) is 10.6 Å². The van der Waals surface area contributed by atoms with E-state index in [4.69, 9.17) is 9.47 Å². The van der Waals surface area contributed by atoms with E-state index in [0.29, 0.717) is 5.56 Å². The molecule has 2 heterocycles. The second-order valence-electron chi connectivity index (χ2n) is 5.18. The molecule has 118 valence electrons. The van der Waals surface area contributed by atoms with Crippen molar-refractivity contribution in [3.05, 3.63) is 35.9 Å². The number of hydrogen-bond donors (Lipinski definition) is 0. The Morgan fingerprint density at radius 2 is 2.14 bits per heavy atom. The van der Waals surface area contributed by atoms with Crippen LogP contribution in [0.2, 0.25) is 0 Å². The third kappa shape index (κ3) is 3.15. The molecule has 0 amide bonds. The van der Waals surface area contributed by atoms with Gasteiger partial charge in [0.2, 0.25) is 0 Å². The fraction of sp³-hybridized carbons (Fsp3) is 0.467. The van der Waals surface area contributed by atoms with Crippen LogP contribution in [0.15, 0.2) is 35.3 Å². The molecule has 1 aromatic rings. The van der Waals surface area contributed by atoms with Crippen molar-refractivity contribution in [1.29, 1.82) is 0 Å². The van der Waals surface area contributed by atoms with E-state index in [0.717, 1.165) is 5.04 Å². The van der Waals surface area contributed by atoms with E-state index in [2.05, 4.69) is 4.99 Å². The first-order valence-corrected chi connectivity index (χ1v) is 7.83. The molecule has 0 bridgehead atoms. The van der Waals surface area contributed by atoms with Crippen LogP contribution in [-0.2, 0) is 9.47 Å². The number of esters is 1. The van der Waals surface area contributed by atoms with Gasteiger partial charge in [-0.05, 0) is 19.1 Å². The molecule has 0 N–H and O–H groups in total. The summed E-state index contributed by atoms with van der Waals surface area (Å²) < 4.78 is 36.8. The number of ether oxygens (including phenoxy) is 2. The highest BCUT2D eigenvalue weighted by atomic mass is 32.2. The Balaban J connectivity index is 1.76. The molecule has 2 aliphatic rings. The fourth-order valence-electron chi connectivity index (χ4n) is 2.56. The maximum absolute atomic E-state index is 13.0. The Hall–Kier alpha value is -1.47. The molecule has 22 heavy (non-hydrogen) atoms. The summed E-state index contributed by atoms with van der Waals surface area (Å²) in [5.41, 5.74) is -0.119. The predicted molar refractivity (Wildman–Crippen MR) is 79.4 cm³/mol. The van der Waals surface area contributed by atoms with E-state index in [-0.39, 0.29) is 6.42 Å². The first-order valence-electron chi connectivity index (χ1n) is 6.95. The molecule has 1 aromatic carbocycles. The van der Waals surface area contributed by atoms with Gasteiger partial charge in [-0.3, -0.25) is 4.99 Å². The van der Waals surface area contributed by atoms with Gasteiger partial charge in [-0.25, -0.2) is 13.6 Å². The molecule has 0 saturated carbocycles. The third-order valence-corrected chi connectivity index (χ3v) is 4.67. The lowest BCUT2D eigenvalue weighted by Crippen LogP contribution is -2.48. The zero-order chi connectivity index (χ0) is 15.7. The quantitative estimate of drug-likeness (QED) is 0.800. The second-order valence-corrected chi connectivity index (χ2v) is 6.47. The number of benzene rings is 1. The first kappa shape index (κ1) is 15.4. The molecule has 0 spiro atoms. The van der Waals surface area contributed by atoms with Gasteiger partial charge in [-0.2, -0.15) is 0 Å². The summed E-state index contributed by atoms with van der Waals surface area (Å²) in [6.07, 6.45) is -4.59. The Bertz CT molecular complexity index is 581. The van der Waals surface area contributed by atoms with Crippen LogP contribution in [0.1, 0.15) is 23.7 Å². The van der Waals surface area contributed by atoms with Gasteiger partial charge in [0.1, 0.15) is 23.7 Å². The molecular formula is C15H15F2NO3S. The number of alkyl halides is 2. The van der Waals surface area contributed by atoms with E-state index < -0.39 is 36.1 Å². The van der Waals surface area contributed by atoms with Crippen molar-refractivity contribution in [2.24, 2.45) is 4.99 Å². The van der Waals surface area contributed by atoms with Crippen LogP contribution in [0, 0.1) is 0 Å². The monoisotopic (exact) mass is 327 g/mol. The molecular weight excluding hydrogens is 312 g/mol. The van der Waals surface area contributed by atoms with Crippen LogP contribution in [0.3, 0.4) is 0 Å². The van der Waals surface area contributed by atoms with E-state index in [1.807, 2.05) is 0 Å². The topological polar surface area (TPSA) is 47.9 Å². The minimum absolute atomic E-state index is 0.0469. The summed E-state index contributed by atoms with van der Waals surface area (Å²) in [5, 5.41) is 0.755. The van der Waals surface area contributed by atoms with Crippen LogP contribution >= 0.6 is 11.8 Å². The molecule has 4 atom stereocenters. The number of hydrogen-bond acceptors (Lipinski definition) is 5. The maximum atomic E-state index is 13.0. The lowest BCUT2D eigenvalue weighted by Gasteiger charge is -2.36. The molecule has 0 aliphatic carbocycles. The smallest absolute Gasteiger partial charge is 0.338 e. The Morgan fingerprint density at radius 1 is 1.41 bits per heavy atom. The van der Waals surface area contributed by atoms with Gasteiger partial charge < -0.3 is 9.47 Å². The minimum Gasteiger partial charge on any atom is -0.456 e. The van der Waals surface area contributed by atoms with Crippen molar-refractivity contribution < 1.29 is 23.0 Å². The first-order chi connectivity index (χ1) is 10.5. The second kappa shape index (κ2) is 6.34. The standard InChI is InChI=1S/C15H15F2NO3S/c1-8-18-12-10(7-11(13(16)17)21-15(12)22-8)20-14(19)9-5-3-2-4-6-9/h2-6,10-13,15H,7H2,1H3/t10-,11-,12+,15+/m0/s1. The van der Waals surface area contributed by atoms with Crippen molar-refractivity contribution in [3.63, 3.8) is 0 Å². The number of fused-ring (bicyclic) bond motifs is 1. The zero-order valence-corrected chi connectivity index (χ0v) is 12.6. The number of thioether (sulfide) groups is 1. The van der Waals surface area contributed by atoms with Crippen LogP contribution in [0.25, 0.3) is 0 Å². The molecule has 0 aromatic heterocycles. The van der Waals surface area contributed by atoms with Gasteiger partial charge in [-0.15, -0.1) is 0 Å². The van der Waals surface area contributed by atoms with Crippen LogP contribution < -0.4 is 0 Å². The molecule has 1 saturated heterocycles. The van der Waals surface area contributed by atoms with E-state index >= 15 is 0 Å². The zero-order valence-electron chi connectivity index (χ0n) is 11.8. The number of carbonyl (C=O) groups excluding carboxylic acids is 1. The third-order valence-electron chi connectivity index (χ3n) is 3.60. The van der Waals surface area contributed by atoms with E-state index in [1.165, 1.54) is 11.8 Å². The highest BCUT2D eigenvalue weighted by Gasteiger charge is 2.47. The maximum Gasteiger partial charge on any atom is 0.338 e. The molecule has 3 rings (SSSR count). The number of rotatable bonds is 3. The number of carbonyl (C=O) groups is 1. The fourth-order valence-corrected chi connectivity index (χ4v) is 3.65. The minimum atomic E-state index is -2.61. The van der Waals surface area contributed by atoms with Crippen molar-refractivity contribution >= 4 is 22.8 Å². The van der Waals surface area contributed by atoms with Gasteiger partial charge in [0, 0.05) is 6.42 Å². The van der Waals surface area contributed by atoms with Gasteiger partial charge in [0.15, 0.2) is 0 Å². The Kier molecular flexibility index (Phi) is 4.44. The molecule has 2 aliphatic heterocycles. The molecule has 4 nitrogen and oxygen atoms in total. The number of aliphatic imine (C=N–C) groups is 1. The summed E-state index contributed by atoms with van der Waals surface area (Å²) in [7, 11) is 0. The van der Waals surface area contributed by atoms with Crippen molar-refractivity contribution in [2.45, 2.75) is 43.5 Å². The molecule has 0 radical (unpaired) electrons. The average molecular weight is 327 g/mol. The predicted octanol–water partition coefficient (Wildman–Crippen LogP) is 3.13. The number of halogens is 2. The normalized spacial score (nSPS) is 30.8. The summed E-state index contributed by atoms with van der Waals surface area (Å²) >= 11 is 1.30. The largest absolute Gasteiger partial charge is 0.456 e. The van der Waals surface area contributed by atoms with Gasteiger partial charge in [-0.1, -0.05) is 30.0 Å². The van der Waals surface area contributed by atoms with E-state index in [1.54, 1.807) is 37.3 Å². The van der Waals surface area contributed by atoms with Crippen LogP contribution in [0.4, 0.5) is 8.78 Å². The SMILES string of the molecule is CC1=N[C@@H]2[C@@H](OC(=O)c3ccccc3)C[C@@H](C(F)F)O[C@@H]2S1. The summed E-state index contributed by atoms with van der Waals surface area (Å²) in [5.74, 6) is -0.524. The highest BCUT2D eigenvalue weighted by Crippen LogP contribution is 2.38. The van der Waals surface area contributed by atoms with Gasteiger partial charge in [0.25, 0.3) is 6.43 Å². The van der Waals surface area contributed by atoms with E-state index in [9.17, 15) is 13.6 Å². The van der Waals surface area contributed by atoms with Crippen LogP contribution in [-0.4, -0.2) is 41.1 Å². The Morgan fingerprint density at radius 3 is 2.82 bits per heavy atom. The van der Waals surface area contributed by atoms with Crippen LogP contribution in [0.5, 0.6) is 0 Å². The lowest BCUT2D eigenvalue weighted by molar-refractivity contribution is -0.130. The summed E-state index contributed by atoms with van der Waals surface area (Å²) in [6.45, 7) is 1.79. The Labute approximate surface area is 130 Å². The average Bonchev–Trinajstić information content (AvgIpc) is 2.88. The molecule has 1 fully saturated rings. The number of nitrogens with zero attached hydrogens (tertiary/aromatic N) is 1. The van der Waals surface area contributed by atoms with Crippen molar-refractivity contribution in [3.8, 4) is 0 Å². The molecule has 0 unspecified atom stereocenters. The van der Waals surface area contributed by atoms with Gasteiger partial charge >= 0.3 is 5.97 Å². The van der Waals surface area contributed by atoms with Crippen molar-refractivity contribution in [2.75, 3.05) is 0 Å². The summed E-state index contributed by atoms with van der Waals surface area (Å²) in [6, 6.07) is 8.06. The lowest BCUT2D eigenvalue weighted by atomic mass is 10.0. The van der Waals surface area contributed by atoms with Crippen molar-refractivity contribution in [1.82, 2.24) is 0 Å². The highest BCUT2D eigenvalue weighted by molar-refractivity contribution is 8.14. The summed E-state index contributed by atoms with van der Waals surface area (Å²) in [4.78, 5) is 16.5. The molecule has 7 heteroatoms.